The number of carbonyl (C=O) groups is 1. The minimum absolute atomic E-state index is 0.0726. The van der Waals surface area contributed by atoms with Gasteiger partial charge >= 0.3 is 5.97 Å². The first-order valence-corrected chi connectivity index (χ1v) is 5.82. The first-order chi connectivity index (χ1) is 9.16. The van der Waals surface area contributed by atoms with Gasteiger partial charge in [0.2, 0.25) is 0 Å². The van der Waals surface area contributed by atoms with Crippen LogP contribution in [-0.4, -0.2) is 11.1 Å². The third kappa shape index (κ3) is 3.55. The molecule has 2 aromatic rings. The second kappa shape index (κ2) is 6.00. The van der Waals surface area contributed by atoms with Crippen molar-refractivity contribution in [2.45, 2.75) is 13.0 Å². The van der Waals surface area contributed by atoms with Gasteiger partial charge in [-0.05, 0) is 23.3 Å². The van der Waals surface area contributed by atoms with Gasteiger partial charge in [0.25, 0.3) is 0 Å². The lowest BCUT2D eigenvalue weighted by atomic mass is 10.1. The Morgan fingerprint density at radius 2 is 1.68 bits per heavy atom. The minimum Gasteiger partial charge on any atom is -0.486 e. The van der Waals surface area contributed by atoms with E-state index in [-0.39, 0.29) is 18.8 Å². The largest absolute Gasteiger partial charge is 0.486 e. The Bertz CT molecular complexity index is 581. The SMILES string of the molecule is O=C(O)Cc1ccccc1COc1ccccc1F. The fourth-order valence-corrected chi connectivity index (χ4v) is 1.75. The Labute approximate surface area is 110 Å². The van der Waals surface area contributed by atoms with Gasteiger partial charge in [-0.1, -0.05) is 36.4 Å². The van der Waals surface area contributed by atoms with Gasteiger partial charge < -0.3 is 9.84 Å². The molecule has 19 heavy (non-hydrogen) atoms. The highest BCUT2D eigenvalue weighted by atomic mass is 19.1. The molecule has 4 heteroatoms. The standard InChI is InChI=1S/C15H13FO3/c16-13-7-3-4-8-14(13)19-10-12-6-2-1-5-11(12)9-15(17)18/h1-8H,9-10H2,(H,17,18). The van der Waals surface area contributed by atoms with E-state index in [1.165, 1.54) is 12.1 Å². The first-order valence-electron chi connectivity index (χ1n) is 5.82. The zero-order chi connectivity index (χ0) is 13.7. The van der Waals surface area contributed by atoms with Crippen molar-refractivity contribution in [1.82, 2.24) is 0 Å². The average Bonchev–Trinajstić information content (AvgIpc) is 2.39. The van der Waals surface area contributed by atoms with Crippen LogP contribution in [0.15, 0.2) is 48.5 Å². The van der Waals surface area contributed by atoms with E-state index in [4.69, 9.17) is 9.84 Å². The van der Waals surface area contributed by atoms with Crippen LogP contribution in [0.2, 0.25) is 0 Å². The molecule has 0 unspecified atom stereocenters. The van der Waals surface area contributed by atoms with E-state index in [0.717, 1.165) is 5.56 Å². The summed E-state index contributed by atoms with van der Waals surface area (Å²) in [4.78, 5) is 10.7. The number of para-hydroxylation sites is 1. The van der Waals surface area contributed by atoms with Crippen LogP contribution in [0.4, 0.5) is 4.39 Å². The minimum atomic E-state index is -0.904. The number of ether oxygens (including phenoxy) is 1. The molecule has 0 aromatic heterocycles. The van der Waals surface area contributed by atoms with Crippen molar-refractivity contribution in [3.8, 4) is 5.75 Å². The molecule has 2 aromatic carbocycles. The summed E-state index contributed by atoms with van der Waals surface area (Å²) < 4.78 is 18.8. The Morgan fingerprint density at radius 3 is 2.37 bits per heavy atom. The zero-order valence-electron chi connectivity index (χ0n) is 10.2. The molecule has 0 amide bonds. The van der Waals surface area contributed by atoms with Crippen LogP contribution in [0, 0.1) is 5.82 Å². The fourth-order valence-electron chi connectivity index (χ4n) is 1.75. The molecule has 1 N–H and O–H groups in total. The maximum Gasteiger partial charge on any atom is 0.307 e. The van der Waals surface area contributed by atoms with Gasteiger partial charge in [0.05, 0.1) is 6.42 Å². The molecule has 0 aliphatic heterocycles. The summed E-state index contributed by atoms with van der Waals surface area (Å²) in [6.45, 7) is 0.143. The summed E-state index contributed by atoms with van der Waals surface area (Å²) >= 11 is 0. The van der Waals surface area contributed by atoms with Crippen molar-refractivity contribution < 1.29 is 19.0 Å². The van der Waals surface area contributed by atoms with E-state index in [1.807, 2.05) is 0 Å². The second-order valence-electron chi connectivity index (χ2n) is 4.06. The highest BCUT2D eigenvalue weighted by molar-refractivity contribution is 5.70. The van der Waals surface area contributed by atoms with E-state index < -0.39 is 11.8 Å². The Balaban J connectivity index is 2.11. The quantitative estimate of drug-likeness (QED) is 0.898. The van der Waals surface area contributed by atoms with Crippen molar-refractivity contribution in [2.75, 3.05) is 0 Å². The third-order valence-corrected chi connectivity index (χ3v) is 2.68. The number of carboxylic acids is 1. The molecule has 0 radical (unpaired) electrons. The topological polar surface area (TPSA) is 46.5 Å². The summed E-state index contributed by atoms with van der Waals surface area (Å²) in [5.74, 6) is -1.18. The molecule has 0 atom stereocenters. The average molecular weight is 260 g/mol. The molecule has 0 saturated carbocycles. The first kappa shape index (κ1) is 13.1. The number of hydrogen-bond donors (Lipinski definition) is 1. The van der Waals surface area contributed by atoms with Crippen LogP contribution >= 0.6 is 0 Å². The van der Waals surface area contributed by atoms with E-state index in [9.17, 15) is 9.18 Å². The molecule has 0 heterocycles. The van der Waals surface area contributed by atoms with Crippen LogP contribution in [0.25, 0.3) is 0 Å². The van der Waals surface area contributed by atoms with Crippen LogP contribution in [-0.2, 0) is 17.8 Å². The number of carboxylic acid groups (broad SMARTS) is 1. The molecule has 0 spiro atoms. The number of hydrogen-bond acceptors (Lipinski definition) is 2. The molecule has 0 saturated heterocycles. The molecule has 0 bridgehead atoms. The highest BCUT2D eigenvalue weighted by Crippen LogP contribution is 2.18. The van der Waals surface area contributed by atoms with Crippen molar-refractivity contribution in [1.29, 1.82) is 0 Å². The predicted molar refractivity (Wildman–Crippen MR) is 68.5 cm³/mol. The summed E-state index contributed by atoms with van der Waals surface area (Å²) in [5, 5.41) is 8.82. The predicted octanol–water partition coefficient (Wildman–Crippen LogP) is 3.03. The molecule has 3 nitrogen and oxygen atoms in total. The zero-order valence-corrected chi connectivity index (χ0v) is 10.2. The molecule has 0 fully saturated rings. The summed E-state index contributed by atoms with van der Waals surface area (Å²) in [6.07, 6.45) is -0.0726. The van der Waals surface area contributed by atoms with Crippen LogP contribution in [0.1, 0.15) is 11.1 Å². The van der Waals surface area contributed by atoms with Crippen molar-refractivity contribution in [2.24, 2.45) is 0 Å². The number of halogens is 1. The van der Waals surface area contributed by atoms with E-state index in [0.29, 0.717) is 5.56 Å². The summed E-state index contributed by atoms with van der Waals surface area (Å²) in [7, 11) is 0. The third-order valence-electron chi connectivity index (χ3n) is 2.68. The summed E-state index contributed by atoms with van der Waals surface area (Å²) in [5.41, 5.74) is 1.42. The lowest BCUT2D eigenvalue weighted by molar-refractivity contribution is -0.136. The normalized spacial score (nSPS) is 10.2. The Morgan fingerprint density at radius 1 is 1.05 bits per heavy atom. The maximum atomic E-state index is 13.4. The van der Waals surface area contributed by atoms with Crippen LogP contribution in [0.3, 0.4) is 0 Å². The smallest absolute Gasteiger partial charge is 0.307 e. The highest BCUT2D eigenvalue weighted by Gasteiger charge is 2.08. The lowest BCUT2D eigenvalue weighted by Gasteiger charge is -2.10. The van der Waals surface area contributed by atoms with Crippen LogP contribution in [0.5, 0.6) is 5.75 Å². The summed E-state index contributed by atoms with van der Waals surface area (Å²) in [6, 6.07) is 13.2. The number of aliphatic carboxylic acids is 1. The maximum absolute atomic E-state index is 13.4. The lowest BCUT2D eigenvalue weighted by Crippen LogP contribution is -2.06. The monoisotopic (exact) mass is 260 g/mol. The molecular weight excluding hydrogens is 247 g/mol. The number of benzene rings is 2. The molecule has 0 aliphatic carbocycles. The van der Waals surface area contributed by atoms with Gasteiger partial charge in [-0.3, -0.25) is 4.79 Å². The van der Waals surface area contributed by atoms with Gasteiger partial charge in [-0.2, -0.15) is 0 Å². The van der Waals surface area contributed by atoms with Gasteiger partial charge in [0, 0.05) is 0 Å². The fraction of sp³-hybridized carbons (Fsp3) is 0.133. The van der Waals surface area contributed by atoms with E-state index in [2.05, 4.69) is 0 Å². The van der Waals surface area contributed by atoms with Crippen molar-refractivity contribution >= 4 is 5.97 Å². The molecule has 0 aliphatic rings. The van der Waals surface area contributed by atoms with Gasteiger partial charge in [-0.15, -0.1) is 0 Å². The van der Waals surface area contributed by atoms with E-state index in [1.54, 1.807) is 36.4 Å². The van der Waals surface area contributed by atoms with E-state index >= 15 is 0 Å². The van der Waals surface area contributed by atoms with Gasteiger partial charge in [0.1, 0.15) is 6.61 Å². The van der Waals surface area contributed by atoms with Crippen molar-refractivity contribution in [3.05, 3.63) is 65.5 Å². The molecule has 2 rings (SSSR count). The van der Waals surface area contributed by atoms with Crippen LogP contribution < -0.4 is 4.74 Å². The van der Waals surface area contributed by atoms with Gasteiger partial charge in [0.15, 0.2) is 11.6 Å². The number of rotatable bonds is 5. The Kier molecular flexibility index (Phi) is 4.13. The molecule has 98 valence electrons. The second-order valence-corrected chi connectivity index (χ2v) is 4.06. The Hall–Kier alpha value is -2.36. The van der Waals surface area contributed by atoms with Gasteiger partial charge in [-0.25, -0.2) is 4.39 Å². The van der Waals surface area contributed by atoms with Crippen molar-refractivity contribution in [3.63, 3.8) is 0 Å². The molecular formula is C15H13FO3.